The molecule has 0 saturated carbocycles. The molecule has 4 aromatic carbocycles. The Morgan fingerprint density at radius 1 is 0.800 bits per heavy atom. The van der Waals surface area contributed by atoms with E-state index in [0.29, 0.717) is 22.4 Å². The van der Waals surface area contributed by atoms with Crippen LogP contribution in [0.4, 0.5) is 0 Å². The van der Waals surface area contributed by atoms with Crippen molar-refractivity contribution in [3.05, 3.63) is 120 Å². The van der Waals surface area contributed by atoms with Crippen LogP contribution >= 0.6 is 0 Å². The van der Waals surface area contributed by atoms with Crippen molar-refractivity contribution in [1.29, 1.82) is 0 Å². The molecule has 5 rings (SSSR count). The van der Waals surface area contributed by atoms with Crippen molar-refractivity contribution < 1.29 is 17.4 Å². The van der Waals surface area contributed by atoms with Gasteiger partial charge in [-0.2, -0.15) is 8.42 Å². The van der Waals surface area contributed by atoms with Gasteiger partial charge in [-0.15, -0.1) is 0 Å². The second-order valence-electron chi connectivity index (χ2n) is 7.79. The molecule has 0 bridgehead atoms. The van der Waals surface area contributed by atoms with E-state index in [4.69, 9.17) is 4.18 Å². The van der Waals surface area contributed by atoms with Gasteiger partial charge in [0.1, 0.15) is 10.7 Å². The molecule has 0 saturated heterocycles. The van der Waals surface area contributed by atoms with Gasteiger partial charge < -0.3 is 9.17 Å². The van der Waals surface area contributed by atoms with Crippen molar-refractivity contribution in [2.45, 2.75) is 4.90 Å². The van der Waals surface area contributed by atoms with Crippen LogP contribution in [0.2, 0.25) is 0 Å². The molecule has 0 aliphatic heterocycles. The van der Waals surface area contributed by atoms with Gasteiger partial charge in [0, 0.05) is 5.56 Å². The molecule has 0 aliphatic carbocycles. The summed E-state index contributed by atoms with van der Waals surface area (Å²) >= 11 is 0. The number of H-pyrrole nitrogens is 1. The Bertz CT molecular complexity index is 1630. The van der Waals surface area contributed by atoms with Crippen LogP contribution in [-0.2, 0) is 19.1 Å². The van der Waals surface area contributed by atoms with Crippen LogP contribution in [0, 0.1) is 0 Å². The molecule has 1 aromatic heterocycles. The smallest absolute Gasteiger partial charge is 0.338 e. The Balaban J connectivity index is 1.47. The van der Waals surface area contributed by atoms with Crippen LogP contribution in [0.5, 0.6) is 0 Å². The zero-order chi connectivity index (χ0) is 24.3. The van der Waals surface area contributed by atoms with E-state index in [1.54, 1.807) is 36.4 Å². The summed E-state index contributed by atoms with van der Waals surface area (Å²) < 4.78 is 31.2. The highest BCUT2D eigenvalue weighted by atomic mass is 32.2. The minimum atomic E-state index is -4.40. The van der Waals surface area contributed by atoms with Crippen molar-refractivity contribution in [2.75, 3.05) is 0 Å². The first kappa shape index (κ1) is 22.3. The third kappa shape index (κ3) is 4.90. The number of fused-ring (bicyclic) bond motifs is 1. The summed E-state index contributed by atoms with van der Waals surface area (Å²) in [5.74, 6) is -0.351. The lowest BCUT2D eigenvalue weighted by Crippen LogP contribution is -2.14. The Morgan fingerprint density at radius 3 is 2.11 bits per heavy atom. The van der Waals surface area contributed by atoms with Gasteiger partial charge in [-0.25, -0.2) is 9.78 Å². The van der Waals surface area contributed by atoms with Gasteiger partial charge >= 0.3 is 16.1 Å². The lowest BCUT2D eigenvalue weighted by Gasteiger charge is -2.09. The highest BCUT2D eigenvalue weighted by Crippen LogP contribution is 2.26. The highest BCUT2D eigenvalue weighted by molar-refractivity contribution is 7.87. The number of hydrogen-bond donors (Lipinski definition) is 1. The van der Waals surface area contributed by atoms with E-state index < -0.39 is 16.1 Å². The molecule has 0 aliphatic rings. The Labute approximate surface area is 202 Å². The number of hydrogen-bond acceptors (Lipinski definition) is 5. The molecule has 35 heavy (non-hydrogen) atoms. The molecule has 1 N–H and O–H groups in total. The van der Waals surface area contributed by atoms with E-state index in [2.05, 4.69) is 9.97 Å². The Morgan fingerprint density at radius 2 is 1.43 bits per heavy atom. The molecule has 0 atom stereocenters. The zero-order valence-electron chi connectivity index (χ0n) is 18.5. The summed E-state index contributed by atoms with van der Waals surface area (Å²) in [7, 11) is -4.40. The largest absolute Gasteiger partial charge is 0.354 e. The van der Waals surface area contributed by atoms with Gasteiger partial charge in [0.05, 0.1) is 16.6 Å². The molecule has 7 heteroatoms. The molecule has 5 aromatic rings. The third-order valence-electron chi connectivity index (χ3n) is 5.39. The van der Waals surface area contributed by atoms with E-state index in [9.17, 15) is 13.2 Å². The number of carbonyl (C=O) groups excluding carboxylic acids is 1. The summed E-state index contributed by atoms with van der Waals surface area (Å²) in [4.78, 5) is 20.6. The third-order valence-corrected chi connectivity index (χ3v) is 6.59. The minimum absolute atomic E-state index is 0.132. The fourth-order valence-electron chi connectivity index (χ4n) is 3.66. The van der Waals surface area contributed by atoms with Crippen LogP contribution in [-0.4, -0.2) is 24.4 Å². The van der Waals surface area contributed by atoms with Crippen LogP contribution in [0.3, 0.4) is 0 Å². The Kier molecular flexibility index (Phi) is 5.99. The van der Waals surface area contributed by atoms with Crippen molar-refractivity contribution in [2.24, 2.45) is 0 Å². The summed E-state index contributed by atoms with van der Waals surface area (Å²) in [6.45, 7) is 0. The maximum atomic E-state index is 13.1. The van der Waals surface area contributed by atoms with Crippen molar-refractivity contribution >= 4 is 38.8 Å². The van der Waals surface area contributed by atoms with E-state index >= 15 is 0 Å². The average molecular weight is 481 g/mol. The predicted molar refractivity (Wildman–Crippen MR) is 136 cm³/mol. The number of aromatic nitrogens is 2. The van der Waals surface area contributed by atoms with Crippen molar-refractivity contribution in [1.82, 2.24) is 9.97 Å². The lowest BCUT2D eigenvalue weighted by molar-refractivity contribution is -0.127. The minimum Gasteiger partial charge on any atom is -0.338 e. The molecule has 0 fully saturated rings. The number of aromatic amines is 1. The molecule has 6 nitrogen and oxygen atoms in total. The SMILES string of the molecule is O=C(OS(=O)(=O)c1ccc2[nH]c(-c3ccccc3)nc2c1)C(=Cc1ccccc1)c1ccccc1. The van der Waals surface area contributed by atoms with Crippen LogP contribution < -0.4 is 0 Å². The fraction of sp³-hybridized carbons (Fsp3) is 0. The average Bonchev–Trinajstić information content (AvgIpc) is 3.32. The number of benzene rings is 4. The first-order valence-corrected chi connectivity index (χ1v) is 12.3. The second kappa shape index (κ2) is 9.40. The van der Waals surface area contributed by atoms with Crippen LogP contribution in [0.1, 0.15) is 11.1 Å². The van der Waals surface area contributed by atoms with Gasteiger partial charge in [-0.3, -0.25) is 0 Å². The van der Waals surface area contributed by atoms with Crippen molar-refractivity contribution in [3.63, 3.8) is 0 Å². The predicted octanol–water partition coefficient (Wildman–Crippen LogP) is 5.70. The highest BCUT2D eigenvalue weighted by Gasteiger charge is 2.24. The number of nitrogens with zero attached hydrogens (tertiary/aromatic N) is 1. The second-order valence-corrected chi connectivity index (χ2v) is 9.34. The molecule has 0 unspecified atom stereocenters. The Hall–Kier alpha value is -4.49. The van der Waals surface area contributed by atoms with Gasteiger partial charge in [-0.05, 0) is 35.4 Å². The molecule has 0 spiro atoms. The number of rotatable bonds is 6. The summed E-state index contributed by atoms with van der Waals surface area (Å²) in [6, 6.07) is 31.9. The summed E-state index contributed by atoms with van der Waals surface area (Å²) in [5, 5.41) is 0. The number of nitrogens with one attached hydrogen (secondary N) is 1. The first-order valence-electron chi connectivity index (χ1n) is 10.9. The molecule has 0 amide bonds. The first-order chi connectivity index (χ1) is 17.0. The molecular weight excluding hydrogens is 460 g/mol. The molecule has 0 radical (unpaired) electrons. The van der Waals surface area contributed by atoms with E-state index in [-0.39, 0.29) is 10.5 Å². The lowest BCUT2D eigenvalue weighted by atomic mass is 10.0. The van der Waals surface area contributed by atoms with Crippen LogP contribution in [0.15, 0.2) is 114 Å². The van der Waals surface area contributed by atoms with Gasteiger partial charge in [-0.1, -0.05) is 91.0 Å². The van der Waals surface area contributed by atoms with Crippen molar-refractivity contribution in [3.8, 4) is 11.4 Å². The number of carbonyl (C=O) groups is 1. The number of imidazole rings is 1. The van der Waals surface area contributed by atoms with Crippen LogP contribution in [0.25, 0.3) is 34.1 Å². The van der Waals surface area contributed by atoms with E-state index in [1.165, 1.54) is 12.1 Å². The molecular formula is C28H20N2O4S. The van der Waals surface area contributed by atoms with Gasteiger partial charge in [0.15, 0.2) is 0 Å². The maximum absolute atomic E-state index is 13.1. The summed E-state index contributed by atoms with van der Waals surface area (Å²) in [5.41, 5.74) is 3.41. The van der Waals surface area contributed by atoms with E-state index in [0.717, 1.165) is 11.1 Å². The molecule has 172 valence electrons. The maximum Gasteiger partial charge on any atom is 0.354 e. The molecule has 1 heterocycles. The fourth-order valence-corrected chi connectivity index (χ4v) is 4.54. The van der Waals surface area contributed by atoms with Gasteiger partial charge in [0.2, 0.25) is 0 Å². The summed E-state index contributed by atoms with van der Waals surface area (Å²) in [6.07, 6.45) is 1.61. The zero-order valence-corrected chi connectivity index (χ0v) is 19.3. The van der Waals surface area contributed by atoms with E-state index in [1.807, 2.05) is 66.7 Å². The normalized spacial score (nSPS) is 11.9. The quantitative estimate of drug-likeness (QED) is 0.191. The van der Waals surface area contributed by atoms with Gasteiger partial charge in [0.25, 0.3) is 0 Å². The standard InChI is InChI=1S/C28H20N2O4S/c31-28(24(21-12-6-2-7-13-21)18-20-10-4-1-5-11-20)34-35(32,33)23-16-17-25-26(19-23)30-27(29-25)22-14-8-3-9-15-22/h1-19H,(H,29,30). The topological polar surface area (TPSA) is 89.1 Å². The monoisotopic (exact) mass is 480 g/mol.